The normalized spacial score (nSPS) is 10.7. The lowest BCUT2D eigenvalue weighted by Crippen LogP contribution is -2.01. The Kier molecular flexibility index (Phi) is 3.43. The molecular formula is C15H11ClFN5. The number of aryl methyl sites for hydroxylation is 2. The third-order valence-electron chi connectivity index (χ3n) is 3.29. The Bertz CT molecular complexity index is 903. The minimum Gasteiger partial charge on any atom is -0.338 e. The zero-order valence-corrected chi connectivity index (χ0v) is 12.6. The Morgan fingerprint density at radius 3 is 2.82 bits per heavy atom. The molecule has 3 rings (SSSR count). The molecule has 0 fully saturated rings. The minimum atomic E-state index is -0.514. The molecule has 22 heavy (non-hydrogen) atoms. The van der Waals surface area contributed by atoms with Crippen LogP contribution in [0.2, 0.25) is 5.02 Å². The van der Waals surface area contributed by atoms with E-state index in [1.54, 1.807) is 37.0 Å². The number of nitriles is 1. The van der Waals surface area contributed by atoms with Crippen LogP contribution >= 0.6 is 11.6 Å². The number of halogens is 2. The van der Waals surface area contributed by atoms with Gasteiger partial charge in [0.05, 0.1) is 28.7 Å². The van der Waals surface area contributed by atoms with E-state index in [1.165, 1.54) is 6.07 Å². The number of pyridine rings is 1. The molecule has 0 unspecified atom stereocenters. The van der Waals surface area contributed by atoms with E-state index in [-0.39, 0.29) is 11.3 Å². The second-order valence-electron chi connectivity index (χ2n) is 4.90. The van der Waals surface area contributed by atoms with Crippen LogP contribution in [-0.4, -0.2) is 14.5 Å². The molecule has 0 spiro atoms. The topological polar surface area (TPSA) is 66.5 Å². The Morgan fingerprint density at radius 1 is 1.36 bits per heavy atom. The molecular weight excluding hydrogens is 305 g/mol. The minimum absolute atomic E-state index is 0.268. The number of nitrogens with zero attached hydrogens (tertiary/aromatic N) is 4. The molecule has 0 radical (unpaired) electrons. The van der Waals surface area contributed by atoms with Gasteiger partial charge >= 0.3 is 0 Å². The summed E-state index contributed by atoms with van der Waals surface area (Å²) < 4.78 is 15.9. The molecule has 1 N–H and O–H groups in total. The summed E-state index contributed by atoms with van der Waals surface area (Å²) in [6, 6.07) is 6.30. The van der Waals surface area contributed by atoms with Crippen LogP contribution in [0.1, 0.15) is 11.1 Å². The number of rotatable bonds is 2. The lowest BCUT2D eigenvalue weighted by atomic mass is 10.1. The van der Waals surface area contributed by atoms with Crippen LogP contribution < -0.4 is 5.32 Å². The highest BCUT2D eigenvalue weighted by Crippen LogP contribution is 2.28. The number of imidazole rings is 1. The standard InChI is InChI=1S/C15H11ClFN5/c1-8-3-9(6-18)4-11(17)13(8)20-12-5-10(16)14-15(21-12)22(2)7-19-14/h3-5,7H,1-2H3,(H,20,21). The zero-order valence-electron chi connectivity index (χ0n) is 11.9. The molecule has 7 heteroatoms. The van der Waals surface area contributed by atoms with Crippen LogP contribution in [0.5, 0.6) is 0 Å². The average molecular weight is 316 g/mol. The van der Waals surface area contributed by atoms with Crippen molar-refractivity contribution < 1.29 is 4.39 Å². The Hall–Kier alpha value is -2.65. The maximum absolute atomic E-state index is 14.1. The highest BCUT2D eigenvalue weighted by Gasteiger charge is 2.12. The lowest BCUT2D eigenvalue weighted by molar-refractivity contribution is 0.630. The van der Waals surface area contributed by atoms with Crippen LogP contribution in [0.25, 0.3) is 11.2 Å². The number of anilines is 2. The summed E-state index contributed by atoms with van der Waals surface area (Å²) in [4.78, 5) is 8.54. The van der Waals surface area contributed by atoms with Crippen LogP contribution in [0.4, 0.5) is 15.9 Å². The van der Waals surface area contributed by atoms with Crippen molar-refractivity contribution >= 4 is 34.3 Å². The van der Waals surface area contributed by atoms with E-state index in [4.69, 9.17) is 16.9 Å². The molecule has 0 aliphatic heterocycles. The fourth-order valence-electron chi connectivity index (χ4n) is 2.22. The van der Waals surface area contributed by atoms with Crippen molar-refractivity contribution in [1.29, 1.82) is 5.26 Å². The molecule has 0 aliphatic carbocycles. The Balaban J connectivity index is 2.07. The summed E-state index contributed by atoms with van der Waals surface area (Å²) in [5, 5.41) is 12.2. The molecule has 110 valence electrons. The first-order valence-electron chi connectivity index (χ1n) is 6.44. The summed E-state index contributed by atoms with van der Waals surface area (Å²) in [6.07, 6.45) is 1.61. The van der Waals surface area contributed by atoms with Crippen LogP contribution in [0, 0.1) is 24.1 Å². The lowest BCUT2D eigenvalue weighted by Gasteiger charge is -2.11. The van der Waals surface area contributed by atoms with Gasteiger partial charge in [-0.1, -0.05) is 11.6 Å². The molecule has 0 saturated heterocycles. The van der Waals surface area contributed by atoms with Crippen LogP contribution in [0.3, 0.4) is 0 Å². The third-order valence-corrected chi connectivity index (χ3v) is 3.58. The van der Waals surface area contributed by atoms with E-state index in [0.29, 0.717) is 27.6 Å². The van der Waals surface area contributed by atoms with Crippen molar-refractivity contribution in [1.82, 2.24) is 14.5 Å². The summed E-state index contributed by atoms with van der Waals surface area (Å²) in [7, 11) is 1.80. The molecule has 0 amide bonds. The van der Waals surface area contributed by atoms with E-state index < -0.39 is 5.82 Å². The van der Waals surface area contributed by atoms with Gasteiger partial charge in [-0.05, 0) is 24.6 Å². The van der Waals surface area contributed by atoms with E-state index in [0.717, 1.165) is 0 Å². The molecule has 1 aromatic carbocycles. The first-order chi connectivity index (χ1) is 10.5. The summed E-state index contributed by atoms with van der Waals surface area (Å²) >= 11 is 6.18. The monoisotopic (exact) mass is 315 g/mol. The number of fused-ring (bicyclic) bond motifs is 1. The van der Waals surface area contributed by atoms with E-state index >= 15 is 0 Å². The van der Waals surface area contributed by atoms with Crippen LogP contribution in [0.15, 0.2) is 24.5 Å². The largest absolute Gasteiger partial charge is 0.338 e. The number of benzene rings is 1. The average Bonchev–Trinajstić information content (AvgIpc) is 2.85. The van der Waals surface area contributed by atoms with Gasteiger partial charge in [-0.15, -0.1) is 0 Å². The SMILES string of the molecule is Cc1cc(C#N)cc(F)c1Nc1cc(Cl)c2ncn(C)c2n1. The summed E-state index contributed by atoms with van der Waals surface area (Å²) in [6.45, 7) is 1.72. The third kappa shape index (κ3) is 2.36. The fraction of sp³-hybridized carbons (Fsp3) is 0.133. The molecule has 0 atom stereocenters. The maximum Gasteiger partial charge on any atom is 0.163 e. The smallest absolute Gasteiger partial charge is 0.163 e. The van der Waals surface area contributed by atoms with Gasteiger partial charge in [0.2, 0.25) is 0 Å². The van der Waals surface area contributed by atoms with Crippen LogP contribution in [-0.2, 0) is 7.05 Å². The second kappa shape index (κ2) is 5.28. The predicted molar refractivity (Wildman–Crippen MR) is 82.7 cm³/mol. The Morgan fingerprint density at radius 2 is 2.14 bits per heavy atom. The second-order valence-corrected chi connectivity index (χ2v) is 5.31. The summed E-state index contributed by atoms with van der Waals surface area (Å²) in [5.74, 6) is -0.104. The zero-order chi connectivity index (χ0) is 15.9. The maximum atomic E-state index is 14.1. The molecule has 0 aliphatic rings. The van der Waals surface area contributed by atoms with Gasteiger partial charge in [0.15, 0.2) is 5.65 Å². The molecule has 2 aromatic heterocycles. The molecule has 0 bridgehead atoms. The van der Waals surface area contributed by atoms with Gasteiger partial charge in [-0.2, -0.15) is 5.26 Å². The first kappa shape index (κ1) is 14.3. The van der Waals surface area contributed by atoms with Crippen molar-refractivity contribution in [2.75, 3.05) is 5.32 Å². The molecule has 3 aromatic rings. The van der Waals surface area contributed by atoms with Gasteiger partial charge in [0.1, 0.15) is 17.2 Å². The number of nitrogens with one attached hydrogen (secondary N) is 1. The van der Waals surface area contributed by atoms with Crippen molar-refractivity contribution in [3.8, 4) is 6.07 Å². The molecule has 2 heterocycles. The quantitative estimate of drug-likeness (QED) is 0.783. The highest BCUT2D eigenvalue weighted by atomic mass is 35.5. The Labute approximate surface area is 131 Å². The number of hydrogen-bond donors (Lipinski definition) is 1. The molecule has 5 nitrogen and oxygen atoms in total. The van der Waals surface area contributed by atoms with E-state index in [2.05, 4.69) is 15.3 Å². The van der Waals surface area contributed by atoms with E-state index in [9.17, 15) is 4.39 Å². The van der Waals surface area contributed by atoms with Gasteiger partial charge in [-0.3, -0.25) is 0 Å². The fourth-order valence-corrected chi connectivity index (χ4v) is 2.45. The molecule has 0 saturated carbocycles. The highest BCUT2D eigenvalue weighted by molar-refractivity contribution is 6.35. The summed E-state index contributed by atoms with van der Waals surface area (Å²) in [5.41, 5.74) is 2.34. The van der Waals surface area contributed by atoms with Gasteiger partial charge in [0.25, 0.3) is 0 Å². The number of hydrogen-bond acceptors (Lipinski definition) is 4. The van der Waals surface area contributed by atoms with Gasteiger partial charge in [0, 0.05) is 13.1 Å². The van der Waals surface area contributed by atoms with Gasteiger partial charge < -0.3 is 9.88 Å². The van der Waals surface area contributed by atoms with Crippen molar-refractivity contribution in [2.24, 2.45) is 7.05 Å². The van der Waals surface area contributed by atoms with Crippen molar-refractivity contribution in [3.05, 3.63) is 46.5 Å². The van der Waals surface area contributed by atoms with Crippen molar-refractivity contribution in [3.63, 3.8) is 0 Å². The predicted octanol–water partition coefficient (Wildman–Crippen LogP) is 3.68. The first-order valence-corrected chi connectivity index (χ1v) is 6.82. The van der Waals surface area contributed by atoms with E-state index in [1.807, 2.05) is 6.07 Å². The van der Waals surface area contributed by atoms with Gasteiger partial charge in [-0.25, -0.2) is 14.4 Å². The number of aromatic nitrogens is 3. The van der Waals surface area contributed by atoms with Crippen molar-refractivity contribution in [2.45, 2.75) is 6.92 Å².